The number of aromatic nitrogens is 3. The molecule has 0 aliphatic heterocycles. The number of nitrogens with zero attached hydrogens (tertiary/aromatic N) is 3. The molecule has 31 heavy (non-hydrogen) atoms. The topological polar surface area (TPSA) is 105 Å². The monoisotopic (exact) mass is 419 g/mol. The number of carbonyl (C=O) groups is 2. The Kier molecular flexibility index (Phi) is 7.32. The van der Waals surface area contributed by atoms with Crippen molar-refractivity contribution in [1.29, 1.82) is 0 Å². The van der Waals surface area contributed by atoms with Crippen LogP contribution in [0.15, 0.2) is 60.6 Å². The van der Waals surface area contributed by atoms with Gasteiger partial charge in [-0.1, -0.05) is 25.5 Å². The van der Waals surface area contributed by atoms with E-state index in [1.165, 1.54) is 0 Å². The van der Waals surface area contributed by atoms with Crippen molar-refractivity contribution in [1.82, 2.24) is 14.5 Å². The minimum absolute atomic E-state index is 0.228. The van der Waals surface area contributed by atoms with Gasteiger partial charge < -0.3 is 14.8 Å². The Bertz CT molecular complexity index is 1070. The van der Waals surface area contributed by atoms with Gasteiger partial charge in [0.2, 0.25) is 0 Å². The number of rotatable bonds is 10. The first-order chi connectivity index (χ1) is 15.0. The highest BCUT2D eigenvalue weighted by Gasteiger charge is 2.14. The Morgan fingerprint density at radius 2 is 1.74 bits per heavy atom. The molecule has 0 saturated carbocycles. The van der Waals surface area contributed by atoms with Gasteiger partial charge in [-0.3, -0.25) is 4.98 Å². The summed E-state index contributed by atoms with van der Waals surface area (Å²) in [7, 11) is 0. The second kappa shape index (κ2) is 10.3. The molecule has 0 bridgehead atoms. The van der Waals surface area contributed by atoms with E-state index in [0.717, 1.165) is 36.2 Å². The number of carboxylic acids is 2. The van der Waals surface area contributed by atoms with Crippen molar-refractivity contribution in [2.75, 3.05) is 0 Å². The number of hydrogen-bond acceptors (Lipinski definition) is 4. The maximum absolute atomic E-state index is 11.9. The van der Waals surface area contributed by atoms with Gasteiger partial charge in [-0.05, 0) is 47.9 Å². The van der Waals surface area contributed by atoms with Crippen LogP contribution in [-0.4, -0.2) is 36.7 Å². The Balaban J connectivity index is 1.94. The summed E-state index contributed by atoms with van der Waals surface area (Å²) >= 11 is 0. The number of unbranched alkanes of at least 4 members (excludes halogenated alkanes) is 1. The smallest absolute Gasteiger partial charge is 0.335 e. The van der Waals surface area contributed by atoms with E-state index in [1.54, 1.807) is 61.1 Å². The zero-order chi connectivity index (χ0) is 22.2. The lowest BCUT2D eigenvalue weighted by molar-refractivity contribution is -0.132. The normalized spacial score (nSPS) is 11.5. The summed E-state index contributed by atoms with van der Waals surface area (Å²) in [5, 5.41) is 18.8. The fourth-order valence-electron chi connectivity index (χ4n) is 3.28. The minimum Gasteiger partial charge on any atom is -0.478 e. The molecule has 3 aromatic rings. The summed E-state index contributed by atoms with van der Waals surface area (Å²) in [6.45, 7) is 2.59. The van der Waals surface area contributed by atoms with Gasteiger partial charge in [0.25, 0.3) is 0 Å². The largest absolute Gasteiger partial charge is 0.478 e. The van der Waals surface area contributed by atoms with Crippen molar-refractivity contribution in [3.63, 3.8) is 0 Å². The van der Waals surface area contributed by atoms with Crippen molar-refractivity contribution < 1.29 is 19.8 Å². The third-order valence-corrected chi connectivity index (χ3v) is 5.01. The maximum atomic E-state index is 11.9. The lowest BCUT2D eigenvalue weighted by Crippen LogP contribution is -2.09. The minimum atomic E-state index is -0.981. The fourth-order valence-corrected chi connectivity index (χ4v) is 3.28. The molecule has 3 rings (SSSR count). The molecule has 0 atom stereocenters. The SMILES string of the molecule is CCCCc1ncc(/C=C(\Cc2ccncc2)C(=O)O)n1Cc1ccc(C(=O)O)cc1. The van der Waals surface area contributed by atoms with Crippen LogP contribution in [0.3, 0.4) is 0 Å². The first-order valence-corrected chi connectivity index (χ1v) is 10.2. The molecule has 1 aromatic carbocycles. The number of benzene rings is 1. The molecule has 0 saturated heterocycles. The number of pyridine rings is 1. The zero-order valence-corrected chi connectivity index (χ0v) is 17.4. The van der Waals surface area contributed by atoms with E-state index < -0.39 is 11.9 Å². The fraction of sp³-hybridized carbons (Fsp3) is 0.250. The average molecular weight is 419 g/mol. The van der Waals surface area contributed by atoms with Crippen LogP contribution in [0.4, 0.5) is 0 Å². The molecule has 0 radical (unpaired) electrons. The quantitative estimate of drug-likeness (QED) is 0.480. The summed E-state index contributed by atoms with van der Waals surface area (Å²) in [5.41, 5.74) is 2.98. The molecule has 0 unspecified atom stereocenters. The van der Waals surface area contributed by atoms with Crippen molar-refractivity contribution in [2.45, 2.75) is 39.2 Å². The highest BCUT2D eigenvalue weighted by molar-refractivity contribution is 5.92. The Morgan fingerprint density at radius 3 is 2.35 bits per heavy atom. The number of aliphatic carboxylic acids is 1. The number of hydrogen-bond donors (Lipinski definition) is 2. The molecule has 2 N–H and O–H groups in total. The van der Waals surface area contributed by atoms with Gasteiger partial charge in [0.15, 0.2) is 0 Å². The van der Waals surface area contributed by atoms with E-state index in [2.05, 4.69) is 16.9 Å². The van der Waals surface area contributed by atoms with Crippen molar-refractivity contribution in [3.05, 3.63) is 88.8 Å². The average Bonchev–Trinajstić information content (AvgIpc) is 3.14. The number of aryl methyl sites for hydroxylation is 1. The van der Waals surface area contributed by atoms with Gasteiger partial charge in [-0.2, -0.15) is 0 Å². The molecule has 0 amide bonds. The third kappa shape index (κ3) is 5.88. The van der Waals surface area contributed by atoms with Gasteiger partial charge in [0.1, 0.15) is 5.82 Å². The Morgan fingerprint density at radius 1 is 1.03 bits per heavy atom. The van der Waals surface area contributed by atoms with Gasteiger partial charge in [-0.15, -0.1) is 0 Å². The van der Waals surface area contributed by atoms with Gasteiger partial charge in [-0.25, -0.2) is 14.6 Å². The molecule has 2 aromatic heterocycles. The maximum Gasteiger partial charge on any atom is 0.335 e. The van der Waals surface area contributed by atoms with Crippen LogP contribution >= 0.6 is 0 Å². The standard InChI is InChI=1S/C24H25N3O4/c1-2-3-4-22-26-15-21(14-20(24(30)31)13-17-9-11-25-12-10-17)27(22)16-18-5-7-19(8-6-18)23(28)29/h5-12,14-15H,2-4,13,16H2,1H3,(H,28,29)(H,30,31)/b20-14+. The number of aromatic carboxylic acids is 1. The second-order valence-electron chi connectivity index (χ2n) is 7.30. The highest BCUT2D eigenvalue weighted by atomic mass is 16.4. The first kappa shape index (κ1) is 22.0. The van der Waals surface area contributed by atoms with Crippen LogP contribution in [-0.2, 0) is 24.2 Å². The van der Waals surface area contributed by atoms with E-state index in [1.807, 2.05) is 4.57 Å². The van der Waals surface area contributed by atoms with E-state index in [-0.39, 0.29) is 17.6 Å². The summed E-state index contributed by atoms with van der Waals surface area (Å²) < 4.78 is 2.00. The van der Waals surface area contributed by atoms with Crippen molar-refractivity contribution in [3.8, 4) is 0 Å². The molecule has 0 fully saturated rings. The molecule has 0 spiro atoms. The zero-order valence-electron chi connectivity index (χ0n) is 17.4. The molecule has 0 aliphatic carbocycles. The van der Waals surface area contributed by atoms with E-state index in [0.29, 0.717) is 12.2 Å². The lowest BCUT2D eigenvalue weighted by atomic mass is 10.1. The van der Waals surface area contributed by atoms with Crippen molar-refractivity contribution in [2.24, 2.45) is 0 Å². The molecule has 7 heteroatoms. The summed E-state index contributed by atoms with van der Waals surface area (Å²) in [6.07, 6.45) is 9.70. The van der Waals surface area contributed by atoms with Crippen LogP contribution in [0.2, 0.25) is 0 Å². The Labute approximate surface area is 180 Å². The first-order valence-electron chi connectivity index (χ1n) is 10.2. The van der Waals surface area contributed by atoms with E-state index in [4.69, 9.17) is 5.11 Å². The Hall–Kier alpha value is -3.74. The predicted octanol–water partition coefficient (Wildman–Crippen LogP) is 4.08. The molecule has 2 heterocycles. The summed E-state index contributed by atoms with van der Waals surface area (Å²) in [6, 6.07) is 10.3. The van der Waals surface area contributed by atoms with Gasteiger partial charge in [0, 0.05) is 37.4 Å². The van der Waals surface area contributed by atoms with Crippen LogP contribution in [0, 0.1) is 0 Å². The van der Waals surface area contributed by atoms with Crippen molar-refractivity contribution >= 4 is 18.0 Å². The van der Waals surface area contributed by atoms with Crippen LogP contribution < -0.4 is 0 Å². The number of imidazole rings is 1. The highest BCUT2D eigenvalue weighted by Crippen LogP contribution is 2.18. The van der Waals surface area contributed by atoms with Crippen LogP contribution in [0.5, 0.6) is 0 Å². The second-order valence-corrected chi connectivity index (χ2v) is 7.30. The molecule has 160 valence electrons. The molecular weight excluding hydrogens is 394 g/mol. The van der Waals surface area contributed by atoms with E-state index in [9.17, 15) is 14.7 Å². The van der Waals surface area contributed by atoms with Crippen LogP contribution in [0.25, 0.3) is 6.08 Å². The molecule has 7 nitrogen and oxygen atoms in total. The molecule has 0 aliphatic rings. The molecular formula is C24H25N3O4. The third-order valence-electron chi connectivity index (χ3n) is 5.01. The van der Waals surface area contributed by atoms with Gasteiger partial charge in [0.05, 0.1) is 17.5 Å². The summed E-state index contributed by atoms with van der Waals surface area (Å²) in [4.78, 5) is 31.5. The van der Waals surface area contributed by atoms with Crippen LogP contribution in [0.1, 0.15) is 52.8 Å². The number of carboxylic acid groups (broad SMARTS) is 2. The summed E-state index contributed by atoms with van der Waals surface area (Å²) in [5.74, 6) is -1.07. The van der Waals surface area contributed by atoms with Gasteiger partial charge >= 0.3 is 11.9 Å². The lowest BCUT2D eigenvalue weighted by Gasteiger charge is -2.12. The predicted molar refractivity (Wildman–Crippen MR) is 117 cm³/mol. The van der Waals surface area contributed by atoms with E-state index >= 15 is 0 Å².